The molecule has 0 spiro atoms. The minimum atomic E-state index is -0.395. The van der Waals surface area contributed by atoms with Gasteiger partial charge in [0.25, 0.3) is 0 Å². The Morgan fingerprint density at radius 1 is 1.08 bits per heavy atom. The summed E-state index contributed by atoms with van der Waals surface area (Å²) in [7, 11) is 4.11. The van der Waals surface area contributed by atoms with Gasteiger partial charge in [0, 0.05) is 57.7 Å². The second-order valence-electron chi connectivity index (χ2n) is 7.91. The first kappa shape index (κ1) is 20.1. The fraction of sp³-hybridized carbons (Fsp3) is 0.789. The molecule has 0 aliphatic carbocycles. The molecule has 1 aromatic rings. The van der Waals surface area contributed by atoms with Gasteiger partial charge in [-0.05, 0) is 38.8 Å². The maximum absolute atomic E-state index is 10.5. The monoisotopic (exact) mass is 349 g/mol. The number of likely N-dealkylation sites (N-methyl/N-ethyl adjacent to an activating group) is 2. The van der Waals surface area contributed by atoms with Crippen LogP contribution in [0.4, 0.5) is 5.95 Å². The van der Waals surface area contributed by atoms with Crippen LogP contribution in [0, 0.1) is 19.8 Å². The Bertz CT molecular complexity index is 532. The lowest BCUT2D eigenvalue weighted by Gasteiger charge is -2.34. The number of nitrogens with zero attached hydrogens (tertiary/aromatic N) is 5. The molecule has 2 heterocycles. The average Bonchev–Trinajstić information content (AvgIpc) is 2.52. The lowest BCUT2D eigenvalue weighted by Crippen LogP contribution is -2.48. The molecule has 2 rings (SSSR count). The molecule has 1 saturated heterocycles. The summed E-state index contributed by atoms with van der Waals surface area (Å²) in [6, 6.07) is 0. The fourth-order valence-electron chi connectivity index (χ4n) is 3.38. The SMILES string of the molecule is Cc1nc(N(C)C[C@H](O)CN2CCN(C)CC2)nc(C)c1CC(C)C. The third kappa shape index (κ3) is 5.90. The number of hydrogen-bond donors (Lipinski definition) is 1. The number of aliphatic hydroxyl groups excluding tert-OH is 1. The molecule has 1 atom stereocenters. The number of β-amino-alcohol motifs (C(OH)–C–C–N with tert-alkyl or cyclic N) is 1. The first-order valence-electron chi connectivity index (χ1n) is 9.40. The molecule has 6 nitrogen and oxygen atoms in total. The minimum Gasteiger partial charge on any atom is -0.390 e. The van der Waals surface area contributed by atoms with E-state index in [-0.39, 0.29) is 0 Å². The van der Waals surface area contributed by atoms with Gasteiger partial charge in [-0.15, -0.1) is 0 Å². The molecule has 0 aromatic carbocycles. The highest BCUT2D eigenvalue weighted by Crippen LogP contribution is 2.18. The Balaban J connectivity index is 1.94. The van der Waals surface area contributed by atoms with E-state index in [2.05, 4.69) is 54.5 Å². The van der Waals surface area contributed by atoms with Gasteiger partial charge in [-0.1, -0.05) is 13.8 Å². The predicted octanol–water partition coefficient (Wildman–Crippen LogP) is 1.34. The van der Waals surface area contributed by atoms with Crippen molar-refractivity contribution in [2.75, 3.05) is 58.3 Å². The van der Waals surface area contributed by atoms with Gasteiger partial charge in [0.2, 0.25) is 5.95 Å². The smallest absolute Gasteiger partial charge is 0.225 e. The number of aliphatic hydroxyl groups is 1. The van der Waals surface area contributed by atoms with Crippen molar-refractivity contribution in [1.29, 1.82) is 0 Å². The molecule has 1 aromatic heterocycles. The largest absolute Gasteiger partial charge is 0.390 e. The van der Waals surface area contributed by atoms with Crippen LogP contribution in [0.1, 0.15) is 30.8 Å². The van der Waals surface area contributed by atoms with Crippen molar-refractivity contribution in [2.45, 2.75) is 40.2 Å². The van der Waals surface area contributed by atoms with E-state index in [9.17, 15) is 5.11 Å². The molecular weight excluding hydrogens is 314 g/mol. The van der Waals surface area contributed by atoms with Gasteiger partial charge >= 0.3 is 0 Å². The Labute approximate surface area is 152 Å². The normalized spacial score (nSPS) is 17.9. The van der Waals surface area contributed by atoms with E-state index in [0.717, 1.165) is 44.0 Å². The van der Waals surface area contributed by atoms with Crippen LogP contribution < -0.4 is 4.90 Å². The van der Waals surface area contributed by atoms with Crippen molar-refractivity contribution in [3.63, 3.8) is 0 Å². The van der Waals surface area contributed by atoms with Gasteiger partial charge in [-0.25, -0.2) is 9.97 Å². The molecule has 0 saturated carbocycles. The number of aromatic nitrogens is 2. The minimum absolute atomic E-state index is 0.395. The number of anilines is 1. The Morgan fingerprint density at radius 3 is 2.16 bits per heavy atom. The zero-order valence-electron chi connectivity index (χ0n) is 16.8. The van der Waals surface area contributed by atoms with E-state index in [0.29, 0.717) is 25.0 Å². The van der Waals surface area contributed by atoms with Gasteiger partial charge in [-0.2, -0.15) is 0 Å². The van der Waals surface area contributed by atoms with Crippen LogP contribution in [0.3, 0.4) is 0 Å². The lowest BCUT2D eigenvalue weighted by atomic mass is 10.0. The highest BCUT2D eigenvalue weighted by atomic mass is 16.3. The maximum Gasteiger partial charge on any atom is 0.225 e. The molecule has 1 fully saturated rings. The third-order valence-corrected chi connectivity index (χ3v) is 4.91. The summed E-state index contributed by atoms with van der Waals surface area (Å²) in [5.74, 6) is 1.30. The van der Waals surface area contributed by atoms with E-state index in [1.807, 2.05) is 11.9 Å². The molecule has 1 aliphatic rings. The van der Waals surface area contributed by atoms with Crippen LogP contribution in [0.25, 0.3) is 0 Å². The first-order chi connectivity index (χ1) is 11.8. The molecular formula is C19H35N5O. The van der Waals surface area contributed by atoms with Crippen molar-refractivity contribution in [2.24, 2.45) is 5.92 Å². The summed E-state index contributed by atoms with van der Waals surface area (Å²) < 4.78 is 0. The first-order valence-corrected chi connectivity index (χ1v) is 9.40. The van der Waals surface area contributed by atoms with Gasteiger partial charge in [0.15, 0.2) is 0 Å². The number of rotatable bonds is 7. The van der Waals surface area contributed by atoms with E-state index in [1.165, 1.54) is 5.56 Å². The Morgan fingerprint density at radius 2 is 1.64 bits per heavy atom. The average molecular weight is 350 g/mol. The molecule has 142 valence electrons. The van der Waals surface area contributed by atoms with Crippen molar-refractivity contribution in [1.82, 2.24) is 19.8 Å². The molecule has 25 heavy (non-hydrogen) atoms. The van der Waals surface area contributed by atoms with Gasteiger partial charge in [0.1, 0.15) is 0 Å². The molecule has 0 unspecified atom stereocenters. The Hall–Kier alpha value is -1.24. The van der Waals surface area contributed by atoms with Crippen LogP contribution in [0.15, 0.2) is 0 Å². The van der Waals surface area contributed by atoms with Crippen LogP contribution in [-0.2, 0) is 6.42 Å². The van der Waals surface area contributed by atoms with Crippen LogP contribution in [0.5, 0.6) is 0 Å². The zero-order chi connectivity index (χ0) is 18.6. The van der Waals surface area contributed by atoms with E-state index in [4.69, 9.17) is 0 Å². The summed E-state index contributed by atoms with van der Waals surface area (Å²) in [5, 5.41) is 10.5. The quantitative estimate of drug-likeness (QED) is 0.802. The van der Waals surface area contributed by atoms with E-state index < -0.39 is 6.10 Å². The maximum atomic E-state index is 10.5. The van der Waals surface area contributed by atoms with Crippen molar-refractivity contribution in [3.05, 3.63) is 17.0 Å². The van der Waals surface area contributed by atoms with E-state index in [1.54, 1.807) is 0 Å². The van der Waals surface area contributed by atoms with Crippen LogP contribution in [0.2, 0.25) is 0 Å². The van der Waals surface area contributed by atoms with E-state index >= 15 is 0 Å². The van der Waals surface area contributed by atoms with Crippen LogP contribution in [-0.4, -0.2) is 84.3 Å². The lowest BCUT2D eigenvalue weighted by molar-refractivity contribution is 0.0841. The summed E-state index contributed by atoms with van der Waals surface area (Å²) in [6.07, 6.45) is 0.612. The fourth-order valence-corrected chi connectivity index (χ4v) is 3.38. The second kappa shape index (κ2) is 8.92. The predicted molar refractivity (Wildman–Crippen MR) is 103 cm³/mol. The highest BCUT2D eigenvalue weighted by Gasteiger charge is 2.19. The van der Waals surface area contributed by atoms with Gasteiger partial charge < -0.3 is 14.9 Å². The van der Waals surface area contributed by atoms with Crippen molar-refractivity contribution in [3.8, 4) is 0 Å². The summed E-state index contributed by atoms with van der Waals surface area (Å²) in [4.78, 5) is 16.0. The summed E-state index contributed by atoms with van der Waals surface area (Å²) in [5.41, 5.74) is 3.36. The van der Waals surface area contributed by atoms with Crippen LogP contribution >= 0.6 is 0 Å². The zero-order valence-corrected chi connectivity index (χ0v) is 16.8. The molecule has 0 bridgehead atoms. The molecule has 1 N–H and O–H groups in total. The third-order valence-electron chi connectivity index (χ3n) is 4.91. The van der Waals surface area contributed by atoms with Gasteiger partial charge in [0.05, 0.1) is 6.10 Å². The molecule has 6 heteroatoms. The number of aryl methyl sites for hydroxylation is 2. The van der Waals surface area contributed by atoms with Crippen molar-refractivity contribution >= 4 is 5.95 Å². The second-order valence-corrected chi connectivity index (χ2v) is 7.91. The molecule has 0 radical (unpaired) electrons. The highest BCUT2D eigenvalue weighted by molar-refractivity contribution is 5.36. The molecule has 0 amide bonds. The van der Waals surface area contributed by atoms with Gasteiger partial charge in [-0.3, -0.25) is 4.90 Å². The van der Waals surface area contributed by atoms with Crippen molar-refractivity contribution < 1.29 is 5.11 Å². The summed E-state index contributed by atoms with van der Waals surface area (Å²) >= 11 is 0. The standard InChI is InChI=1S/C19H35N5O/c1-14(2)11-18-15(3)20-19(21-16(18)4)23(6)12-17(25)13-24-9-7-22(5)8-10-24/h14,17,25H,7-13H2,1-6H3/t17-/m0/s1. The topological polar surface area (TPSA) is 55.7 Å². The summed E-state index contributed by atoms with van der Waals surface area (Å²) in [6.45, 7) is 14.0. The number of piperazine rings is 1. The molecule has 1 aliphatic heterocycles. The number of hydrogen-bond acceptors (Lipinski definition) is 6. The Kier molecular flexibility index (Phi) is 7.16.